The van der Waals surface area contributed by atoms with Crippen LogP contribution in [0.1, 0.15) is 25.7 Å². The first-order valence-corrected chi connectivity index (χ1v) is 4.84. The normalized spacial score (nSPS) is 28.1. The van der Waals surface area contributed by atoms with Gasteiger partial charge in [0.1, 0.15) is 0 Å². The summed E-state index contributed by atoms with van der Waals surface area (Å²) in [5.41, 5.74) is 5.98. The average molecular weight is 154 g/mol. The van der Waals surface area contributed by atoms with Crippen molar-refractivity contribution < 1.29 is 0 Å². The van der Waals surface area contributed by atoms with Crippen molar-refractivity contribution in [3.05, 3.63) is 0 Å². The molecule has 64 valence electrons. The van der Waals surface area contributed by atoms with E-state index in [1.54, 1.807) is 0 Å². The zero-order valence-corrected chi connectivity index (χ0v) is 7.13. The molecule has 2 rings (SSSR count). The summed E-state index contributed by atoms with van der Waals surface area (Å²) in [5, 5.41) is 0. The third-order valence-corrected chi connectivity index (χ3v) is 2.95. The van der Waals surface area contributed by atoms with E-state index in [-0.39, 0.29) is 0 Å². The zero-order valence-electron chi connectivity index (χ0n) is 7.13. The highest BCUT2D eigenvalue weighted by atomic mass is 15.2. The van der Waals surface area contributed by atoms with Crippen LogP contribution in [0.3, 0.4) is 0 Å². The molecular formula is C9H18N2. The topological polar surface area (TPSA) is 29.3 Å². The van der Waals surface area contributed by atoms with E-state index in [1.165, 1.54) is 45.3 Å². The van der Waals surface area contributed by atoms with E-state index in [9.17, 15) is 0 Å². The van der Waals surface area contributed by atoms with Gasteiger partial charge in [-0.15, -0.1) is 0 Å². The van der Waals surface area contributed by atoms with Gasteiger partial charge in [-0.05, 0) is 51.2 Å². The number of nitrogens with two attached hydrogens (primary N) is 1. The van der Waals surface area contributed by atoms with Gasteiger partial charge in [0.2, 0.25) is 0 Å². The molecule has 0 radical (unpaired) electrons. The number of nitrogens with zero attached hydrogens (tertiary/aromatic N) is 1. The highest BCUT2D eigenvalue weighted by Crippen LogP contribution is 2.32. The molecule has 2 fully saturated rings. The lowest BCUT2D eigenvalue weighted by Gasteiger charge is -2.31. The van der Waals surface area contributed by atoms with Crippen LogP contribution in [0.25, 0.3) is 0 Å². The standard InChI is InChI=1S/C9H18N2/c10-9(8-2-3-8)4-7-11-5-1-6-11/h8-9H,1-7,10H2. The molecule has 1 aliphatic heterocycles. The van der Waals surface area contributed by atoms with Gasteiger partial charge >= 0.3 is 0 Å². The van der Waals surface area contributed by atoms with Crippen LogP contribution in [0.5, 0.6) is 0 Å². The number of rotatable bonds is 4. The Morgan fingerprint density at radius 2 is 2.09 bits per heavy atom. The van der Waals surface area contributed by atoms with E-state index in [0.717, 1.165) is 5.92 Å². The third kappa shape index (κ3) is 1.94. The molecule has 11 heavy (non-hydrogen) atoms. The van der Waals surface area contributed by atoms with Gasteiger partial charge in [-0.25, -0.2) is 0 Å². The van der Waals surface area contributed by atoms with Gasteiger partial charge in [-0.1, -0.05) is 0 Å². The lowest BCUT2D eigenvalue weighted by Crippen LogP contribution is -2.40. The maximum Gasteiger partial charge on any atom is 0.00793 e. The average Bonchev–Trinajstić information content (AvgIpc) is 2.64. The van der Waals surface area contributed by atoms with Crippen LogP contribution in [0.2, 0.25) is 0 Å². The van der Waals surface area contributed by atoms with Crippen molar-refractivity contribution in [2.75, 3.05) is 19.6 Å². The summed E-state index contributed by atoms with van der Waals surface area (Å²) in [6, 6.07) is 0.510. The van der Waals surface area contributed by atoms with Gasteiger partial charge in [0.05, 0.1) is 0 Å². The molecule has 2 N–H and O–H groups in total. The Hall–Kier alpha value is -0.0800. The van der Waals surface area contributed by atoms with Crippen LogP contribution in [-0.2, 0) is 0 Å². The fourth-order valence-corrected chi connectivity index (χ4v) is 1.70. The molecule has 2 heteroatoms. The van der Waals surface area contributed by atoms with Crippen molar-refractivity contribution in [2.24, 2.45) is 11.7 Å². The second-order valence-corrected chi connectivity index (χ2v) is 3.99. The van der Waals surface area contributed by atoms with Gasteiger partial charge in [0, 0.05) is 6.04 Å². The van der Waals surface area contributed by atoms with Crippen LogP contribution < -0.4 is 5.73 Å². The molecule has 1 unspecified atom stereocenters. The van der Waals surface area contributed by atoms with Crippen molar-refractivity contribution in [1.29, 1.82) is 0 Å². The predicted octanol–water partition coefficient (Wildman–Crippen LogP) is 0.819. The van der Waals surface area contributed by atoms with Crippen LogP contribution >= 0.6 is 0 Å². The van der Waals surface area contributed by atoms with Gasteiger partial charge in [0.15, 0.2) is 0 Å². The summed E-state index contributed by atoms with van der Waals surface area (Å²) < 4.78 is 0. The minimum Gasteiger partial charge on any atom is -0.327 e. The van der Waals surface area contributed by atoms with Crippen LogP contribution in [0, 0.1) is 5.92 Å². The molecule has 0 aromatic carbocycles. The lowest BCUT2D eigenvalue weighted by molar-refractivity contribution is 0.173. The summed E-state index contributed by atoms with van der Waals surface area (Å²) in [6.45, 7) is 3.88. The lowest BCUT2D eigenvalue weighted by atomic mass is 10.1. The minimum atomic E-state index is 0.510. The summed E-state index contributed by atoms with van der Waals surface area (Å²) in [5.74, 6) is 0.885. The molecule has 1 atom stereocenters. The molecule has 0 spiro atoms. The summed E-state index contributed by atoms with van der Waals surface area (Å²) >= 11 is 0. The number of hydrogen-bond acceptors (Lipinski definition) is 2. The van der Waals surface area contributed by atoms with Gasteiger partial charge in [-0.2, -0.15) is 0 Å². The largest absolute Gasteiger partial charge is 0.327 e. The predicted molar refractivity (Wildman–Crippen MR) is 46.4 cm³/mol. The molecule has 2 aliphatic rings. The van der Waals surface area contributed by atoms with E-state index >= 15 is 0 Å². The maximum atomic E-state index is 5.98. The highest BCUT2D eigenvalue weighted by molar-refractivity contribution is 4.85. The molecule has 0 aromatic heterocycles. The SMILES string of the molecule is NC(CCN1CCC1)C1CC1. The fraction of sp³-hybridized carbons (Fsp3) is 1.00. The second kappa shape index (κ2) is 3.11. The smallest absolute Gasteiger partial charge is 0.00793 e. The molecule has 0 bridgehead atoms. The number of hydrogen-bond donors (Lipinski definition) is 1. The van der Waals surface area contributed by atoms with Gasteiger partial charge < -0.3 is 10.6 Å². The Labute approximate surface area is 68.7 Å². The summed E-state index contributed by atoms with van der Waals surface area (Å²) in [6.07, 6.45) is 5.41. The molecule has 1 heterocycles. The molecule has 1 saturated carbocycles. The zero-order chi connectivity index (χ0) is 7.68. The monoisotopic (exact) mass is 154 g/mol. The van der Waals surface area contributed by atoms with E-state index in [0.29, 0.717) is 6.04 Å². The Bertz CT molecular complexity index is 128. The first-order valence-electron chi connectivity index (χ1n) is 4.84. The van der Waals surface area contributed by atoms with Crippen LogP contribution in [-0.4, -0.2) is 30.6 Å². The Balaban J connectivity index is 1.57. The Kier molecular flexibility index (Phi) is 2.14. The van der Waals surface area contributed by atoms with Crippen molar-refractivity contribution in [1.82, 2.24) is 4.90 Å². The van der Waals surface area contributed by atoms with Gasteiger partial charge in [-0.3, -0.25) is 0 Å². The quantitative estimate of drug-likeness (QED) is 0.649. The van der Waals surface area contributed by atoms with Crippen molar-refractivity contribution >= 4 is 0 Å². The summed E-state index contributed by atoms with van der Waals surface area (Å²) in [7, 11) is 0. The van der Waals surface area contributed by atoms with E-state index < -0.39 is 0 Å². The first-order chi connectivity index (χ1) is 5.36. The molecule has 1 aliphatic carbocycles. The van der Waals surface area contributed by atoms with Crippen molar-refractivity contribution in [3.8, 4) is 0 Å². The van der Waals surface area contributed by atoms with Gasteiger partial charge in [0.25, 0.3) is 0 Å². The van der Waals surface area contributed by atoms with Crippen molar-refractivity contribution in [3.63, 3.8) is 0 Å². The summed E-state index contributed by atoms with van der Waals surface area (Å²) in [4.78, 5) is 2.50. The number of likely N-dealkylation sites (tertiary alicyclic amines) is 1. The van der Waals surface area contributed by atoms with Crippen molar-refractivity contribution in [2.45, 2.75) is 31.7 Å². The molecule has 0 amide bonds. The first kappa shape index (κ1) is 7.56. The Morgan fingerprint density at radius 3 is 2.55 bits per heavy atom. The van der Waals surface area contributed by atoms with Crippen LogP contribution in [0.15, 0.2) is 0 Å². The minimum absolute atomic E-state index is 0.510. The molecular weight excluding hydrogens is 136 g/mol. The van der Waals surface area contributed by atoms with E-state index in [2.05, 4.69) is 4.90 Å². The maximum absolute atomic E-state index is 5.98. The second-order valence-electron chi connectivity index (χ2n) is 3.99. The van der Waals surface area contributed by atoms with E-state index in [4.69, 9.17) is 5.73 Å². The third-order valence-electron chi connectivity index (χ3n) is 2.95. The van der Waals surface area contributed by atoms with Crippen LogP contribution in [0.4, 0.5) is 0 Å². The highest BCUT2D eigenvalue weighted by Gasteiger charge is 2.28. The Morgan fingerprint density at radius 1 is 1.36 bits per heavy atom. The fourth-order valence-electron chi connectivity index (χ4n) is 1.70. The van der Waals surface area contributed by atoms with E-state index in [1.807, 2.05) is 0 Å². The molecule has 1 saturated heterocycles. The molecule has 2 nitrogen and oxygen atoms in total. The molecule has 0 aromatic rings.